The van der Waals surface area contributed by atoms with E-state index in [2.05, 4.69) is 22.6 Å². The minimum absolute atomic E-state index is 0.228. The average molecular weight is 225 g/mol. The Bertz CT molecular complexity index is 238. The van der Waals surface area contributed by atoms with Crippen molar-refractivity contribution >= 4 is 5.91 Å². The molecule has 2 fully saturated rings. The summed E-state index contributed by atoms with van der Waals surface area (Å²) >= 11 is 0. The molecule has 2 rings (SSSR count). The van der Waals surface area contributed by atoms with Crippen LogP contribution in [0.25, 0.3) is 0 Å². The molecule has 16 heavy (non-hydrogen) atoms. The number of rotatable bonds is 3. The lowest BCUT2D eigenvalue weighted by Crippen LogP contribution is -2.38. The predicted octanol–water partition coefficient (Wildman–Crippen LogP) is 0.0539. The SMILES string of the molecule is CN1CCC(C(=O)NCC2CCNCC2)C1. The molecule has 2 heterocycles. The van der Waals surface area contributed by atoms with Crippen LogP contribution >= 0.6 is 0 Å². The maximum Gasteiger partial charge on any atom is 0.224 e. The lowest BCUT2D eigenvalue weighted by molar-refractivity contribution is -0.124. The molecule has 92 valence electrons. The summed E-state index contributed by atoms with van der Waals surface area (Å²) in [7, 11) is 2.08. The Kier molecular flexibility index (Phi) is 4.18. The van der Waals surface area contributed by atoms with Gasteiger partial charge in [0.1, 0.15) is 0 Å². The van der Waals surface area contributed by atoms with E-state index in [1.807, 2.05) is 0 Å². The maximum absolute atomic E-state index is 11.9. The van der Waals surface area contributed by atoms with Crippen molar-refractivity contribution in [2.75, 3.05) is 39.8 Å². The van der Waals surface area contributed by atoms with Gasteiger partial charge in [0.2, 0.25) is 5.91 Å². The molecule has 0 aromatic heterocycles. The van der Waals surface area contributed by atoms with Crippen LogP contribution in [-0.4, -0.2) is 50.6 Å². The van der Waals surface area contributed by atoms with Crippen LogP contribution in [0.4, 0.5) is 0 Å². The molecule has 0 aliphatic carbocycles. The Hall–Kier alpha value is -0.610. The van der Waals surface area contributed by atoms with Gasteiger partial charge in [-0.1, -0.05) is 0 Å². The van der Waals surface area contributed by atoms with Crippen LogP contribution in [0.2, 0.25) is 0 Å². The summed E-state index contributed by atoms with van der Waals surface area (Å²) < 4.78 is 0. The molecule has 2 aliphatic rings. The highest BCUT2D eigenvalue weighted by molar-refractivity contribution is 5.79. The summed E-state index contributed by atoms with van der Waals surface area (Å²) in [5.41, 5.74) is 0. The van der Waals surface area contributed by atoms with Crippen LogP contribution in [0.1, 0.15) is 19.3 Å². The smallest absolute Gasteiger partial charge is 0.224 e. The van der Waals surface area contributed by atoms with E-state index in [-0.39, 0.29) is 11.8 Å². The van der Waals surface area contributed by atoms with E-state index in [4.69, 9.17) is 0 Å². The van der Waals surface area contributed by atoms with Gasteiger partial charge in [0, 0.05) is 13.1 Å². The third-order valence-corrected chi connectivity index (χ3v) is 3.79. The van der Waals surface area contributed by atoms with E-state index in [9.17, 15) is 4.79 Å². The van der Waals surface area contributed by atoms with Crippen LogP contribution in [-0.2, 0) is 4.79 Å². The molecule has 0 bridgehead atoms. The van der Waals surface area contributed by atoms with Crippen molar-refractivity contribution < 1.29 is 4.79 Å². The molecule has 0 aromatic rings. The topological polar surface area (TPSA) is 44.4 Å². The number of piperidine rings is 1. The van der Waals surface area contributed by atoms with Gasteiger partial charge in [0.15, 0.2) is 0 Å². The van der Waals surface area contributed by atoms with Gasteiger partial charge in [-0.15, -0.1) is 0 Å². The third-order valence-electron chi connectivity index (χ3n) is 3.79. The number of likely N-dealkylation sites (tertiary alicyclic amines) is 1. The fourth-order valence-electron chi connectivity index (χ4n) is 2.62. The molecule has 1 atom stereocenters. The molecule has 0 aromatic carbocycles. The molecule has 1 amide bonds. The van der Waals surface area contributed by atoms with E-state index in [0.29, 0.717) is 5.92 Å². The Balaban J connectivity index is 1.67. The highest BCUT2D eigenvalue weighted by Crippen LogP contribution is 2.15. The molecule has 4 nitrogen and oxygen atoms in total. The molecular formula is C12H23N3O. The summed E-state index contributed by atoms with van der Waals surface area (Å²) in [6, 6.07) is 0. The third kappa shape index (κ3) is 3.19. The normalized spacial score (nSPS) is 28.2. The second kappa shape index (κ2) is 5.64. The Morgan fingerprint density at radius 1 is 1.38 bits per heavy atom. The molecule has 2 saturated heterocycles. The number of hydrogen-bond acceptors (Lipinski definition) is 3. The standard InChI is InChI=1S/C12H23N3O/c1-15-7-4-11(9-15)12(16)14-8-10-2-5-13-6-3-10/h10-11,13H,2-9H2,1H3,(H,14,16). The number of nitrogens with one attached hydrogen (secondary N) is 2. The zero-order valence-corrected chi connectivity index (χ0v) is 10.2. The van der Waals surface area contributed by atoms with E-state index in [1.54, 1.807) is 0 Å². The van der Waals surface area contributed by atoms with Crippen LogP contribution in [0.3, 0.4) is 0 Å². The Labute approximate surface area is 97.8 Å². The molecule has 0 radical (unpaired) electrons. The van der Waals surface area contributed by atoms with Crippen LogP contribution in [0.5, 0.6) is 0 Å². The summed E-state index contributed by atoms with van der Waals surface area (Å²) in [5, 5.41) is 6.47. The van der Waals surface area contributed by atoms with Gasteiger partial charge in [0.25, 0.3) is 0 Å². The van der Waals surface area contributed by atoms with E-state index >= 15 is 0 Å². The largest absolute Gasteiger partial charge is 0.356 e. The lowest BCUT2D eigenvalue weighted by Gasteiger charge is -2.23. The Morgan fingerprint density at radius 3 is 2.75 bits per heavy atom. The van der Waals surface area contributed by atoms with Crippen molar-refractivity contribution in [3.63, 3.8) is 0 Å². The lowest BCUT2D eigenvalue weighted by atomic mass is 9.98. The zero-order valence-electron chi connectivity index (χ0n) is 10.2. The predicted molar refractivity (Wildman–Crippen MR) is 64.2 cm³/mol. The van der Waals surface area contributed by atoms with E-state index in [0.717, 1.165) is 39.1 Å². The summed E-state index contributed by atoms with van der Waals surface area (Å²) in [6.07, 6.45) is 3.42. The number of amides is 1. The fourth-order valence-corrected chi connectivity index (χ4v) is 2.62. The molecule has 2 aliphatic heterocycles. The maximum atomic E-state index is 11.9. The monoisotopic (exact) mass is 225 g/mol. The zero-order chi connectivity index (χ0) is 11.4. The first-order valence-electron chi connectivity index (χ1n) is 6.42. The minimum Gasteiger partial charge on any atom is -0.356 e. The summed E-state index contributed by atoms with van der Waals surface area (Å²) in [6.45, 7) is 5.07. The average Bonchev–Trinajstić information content (AvgIpc) is 2.74. The van der Waals surface area contributed by atoms with E-state index in [1.165, 1.54) is 12.8 Å². The molecular weight excluding hydrogens is 202 g/mol. The van der Waals surface area contributed by atoms with Crippen molar-refractivity contribution in [1.29, 1.82) is 0 Å². The van der Waals surface area contributed by atoms with Crippen LogP contribution in [0.15, 0.2) is 0 Å². The first kappa shape index (κ1) is 11.9. The van der Waals surface area contributed by atoms with Gasteiger partial charge in [0.05, 0.1) is 5.92 Å². The van der Waals surface area contributed by atoms with Crippen LogP contribution < -0.4 is 10.6 Å². The number of carbonyl (C=O) groups is 1. The highest BCUT2D eigenvalue weighted by Gasteiger charge is 2.26. The number of hydrogen-bond donors (Lipinski definition) is 2. The molecule has 0 saturated carbocycles. The molecule has 0 spiro atoms. The second-order valence-electron chi connectivity index (χ2n) is 5.19. The van der Waals surface area contributed by atoms with Crippen molar-refractivity contribution in [1.82, 2.24) is 15.5 Å². The van der Waals surface area contributed by atoms with Crippen LogP contribution in [0, 0.1) is 11.8 Å². The van der Waals surface area contributed by atoms with Gasteiger partial charge in [-0.05, 0) is 51.9 Å². The first-order valence-corrected chi connectivity index (χ1v) is 6.42. The molecule has 2 N–H and O–H groups in total. The van der Waals surface area contributed by atoms with Gasteiger partial charge in [-0.25, -0.2) is 0 Å². The molecule has 1 unspecified atom stereocenters. The second-order valence-corrected chi connectivity index (χ2v) is 5.19. The fraction of sp³-hybridized carbons (Fsp3) is 0.917. The number of nitrogens with zero attached hydrogens (tertiary/aromatic N) is 1. The Morgan fingerprint density at radius 2 is 2.12 bits per heavy atom. The van der Waals surface area contributed by atoms with Gasteiger partial charge in [-0.3, -0.25) is 4.79 Å². The van der Waals surface area contributed by atoms with E-state index < -0.39 is 0 Å². The molecule has 4 heteroatoms. The van der Waals surface area contributed by atoms with Crippen molar-refractivity contribution in [3.05, 3.63) is 0 Å². The summed E-state index contributed by atoms with van der Waals surface area (Å²) in [5.74, 6) is 1.18. The van der Waals surface area contributed by atoms with Crippen molar-refractivity contribution in [3.8, 4) is 0 Å². The minimum atomic E-state index is 0.228. The highest BCUT2D eigenvalue weighted by atomic mass is 16.1. The number of carbonyl (C=O) groups excluding carboxylic acids is 1. The van der Waals surface area contributed by atoms with Crippen molar-refractivity contribution in [2.24, 2.45) is 11.8 Å². The quantitative estimate of drug-likeness (QED) is 0.713. The first-order chi connectivity index (χ1) is 7.75. The van der Waals surface area contributed by atoms with Gasteiger partial charge in [-0.2, -0.15) is 0 Å². The van der Waals surface area contributed by atoms with Gasteiger partial charge < -0.3 is 15.5 Å². The summed E-state index contributed by atoms with van der Waals surface area (Å²) in [4.78, 5) is 14.1. The van der Waals surface area contributed by atoms with Crippen molar-refractivity contribution in [2.45, 2.75) is 19.3 Å². The van der Waals surface area contributed by atoms with Gasteiger partial charge >= 0.3 is 0 Å².